The number of aromatic nitrogens is 2. The lowest BCUT2D eigenvalue weighted by molar-refractivity contribution is 0.471. The van der Waals surface area contributed by atoms with Gasteiger partial charge >= 0.3 is 0 Å². The highest BCUT2D eigenvalue weighted by Crippen LogP contribution is 2.24. The molecular weight excluding hydrogens is 254 g/mol. The Morgan fingerprint density at radius 3 is 2.60 bits per heavy atom. The molecule has 1 atom stereocenters. The van der Waals surface area contributed by atoms with E-state index in [4.69, 9.17) is 5.73 Å². The maximum absolute atomic E-state index is 5.77. The fourth-order valence-electron chi connectivity index (χ4n) is 1.89. The molecular formula is C11H20BrN3. The van der Waals surface area contributed by atoms with Crippen molar-refractivity contribution in [3.63, 3.8) is 0 Å². The molecule has 1 heterocycles. The molecule has 3 nitrogen and oxygen atoms in total. The average molecular weight is 274 g/mol. The minimum absolute atomic E-state index is 0.570. The summed E-state index contributed by atoms with van der Waals surface area (Å²) in [5, 5.41) is 4.39. The Balaban J connectivity index is 2.78. The van der Waals surface area contributed by atoms with Gasteiger partial charge in [-0.05, 0) is 48.2 Å². The predicted molar refractivity (Wildman–Crippen MR) is 66.8 cm³/mol. The summed E-state index contributed by atoms with van der Waals surface area (Å²) in [7, 11) is 1.99. The number of hydrogen-bond donors (Lipinski definition) is 1. The van der Waals surface area contributed by atoms with Crippen molar-refractivity contribution in [2.75, 3.05) is 6.54 Å². The van der Waals surface area contributed by atoms with Crippen molar-refractivity contribution < 1.29 is 0 Å². The topological polar surface area (TPSA) is 43.8 Å². The van der Waals surface area contributed by atoms with E-state index >= 15 is 0 Å². The predicted octanol–water partition coefficient (Wildman–Crippen LogP) is 2.41. The summed E-state index contributed by atoms with van der Waals surface area (Å²) >= 11 is 3.59. The smallest absolute Gasteiger partial charge is 0.0738 e. The summed E-state index contributed by atoms with van der Waals surface area (Å²) in [5.74, 6) is 0.570. The molecule has 4 heteroatoms. The largest absolute Gasteiger partial charge is 0.330 e. The summed E-state index contributed by atoms with van der Waals surface area (Å²) in [4.78, 5) is 0. The van der Waals surface area contributed by atoms with Crippen LogP contribution in [0.1, 0.15) is 31.2 Å². The van der Waals surface area contributed by atoms with Gasteiger partial charge in [-0.15, -0.1) is 0 Å². The first-order valence-corrected chi connectivity index (χ1v) is 6.27. The van der Waals surface area contributed by atoms with Crippen LogP contribution in [0, 0.1) is 12.8 Å². The molecule has 1 rings (SSSR count). The van der Waals surface area contributed by atoms with Crippen molar-refractivity contribution in [3.05, 3.63) is 15.9 Å². The number of nitrogens with zero attached hydrogens (tertiary/aromatic N) is 2. The third kappa shape index (κ3) is 3.05. The standard InChI is InChI=1S/C11H20BrN3/c1-4-5-9(7-13)6-10-11(12)8(2)14-15(10)3/h9H,4-7,13H2,1-3H3. The molecule has 86 valence electrons. The van der Waals surface area contributed by atoms with Gasteiger partial charge in [0, 0.05) is 7.05 Å². The molecule has 0 aliphatic rings. The van der Waals surface area contributed by atoms with E-state index in [1.54, 1.807) is 0 Å². The second-order valence-corrected chi connectivity index (χ2v) is 4.86. The summed E-state index contributed by atoms with van der Waals surface area (Å²) in [6.45, 7) is 4.97. The second-order valence-electron chi connectivity index (χ2n) is 4.06. The van der Waals surface area contributed by atoms with E-state index in [0.29, 0.717) is 5.92 Å². The molecule has 0 spiro atoms. The molecule has 0 saturated heterocycles. The van der Waals surface area contributed by atoms with Crippen LogP contribution < -0.4 is 5.73 Å². The van der Waals surface area contributed by atoms with Crippen LogP contribution in [0.3, 0.4) is 0 Å². The van der Waals surface area contributed by atoms with Crippen molar-refractivity contribution in [2.45, 2.75) is 33.1 Å². The molecule has 2 N–H and O–H groups in total. The molecule has 0 aliphatic carbocycles. The third-order valence-electron chi connectivity index (χ3n) is 2.77. The van der Waals surface area contributed by atoms with E-state index in [2.05, 4.69) is 28.0 Å². The molecule has 1 unspecified atom stereocenters. The van der Waals surface area contributed by atoms with E-state index in [-0.39, 0.29) is 0 Å². The zero-order chi connectivity index (χ0) is 11.4. The van der Waals surface area contributed by atoms with Gasteiger partial charge in [0.05, 0.1) is 15.9 Å². The highest BCUT2D eigenvalue weighted by molar-refractivity contribution is 9.10. The Bertz CT molecular complexity index is 320. The van der Waals surface area contributed by atoms with Crippen molar-refractivity contribution in [2.24, 2.45) is 18.7 Å². The van der Waals surface area contributed by atoms with Gasteiger partial charge in [0.2, 0.25) is 0 Å². The molecule has 0 radical (unpaired) electrons. The van der Waals surface area contributed by atoms with Gasteiger partial charge in [-0.25, -0.2) is 0 Å². The number of halogens is 1. The van der Waals surface area contributed by atoms with Crippen LogP contribution in [-0.4, -0.2) is 16.3 Å². The van der Waals surface area contributed by atoms with Crippen LogP contribution in [0.4, 0.5) is 0 Å². The quantitative estimate of drug-likeness (QED) is 0.896. The van der Waals surface area contributed by atoms with E-state index in [9.17, 15) is 0 Å². The van der Waals surface area contributed by atoms with Gasteiger partial charge < -0.3 is 5.73 Å². The molecule has 1 aromatic heterocycles. The first-order chi connectivity index (χ1) is 7.10. The Kier molecular flexibility index (Phi) is 4.80. The molecule has 0 saturated carbocycles. The molecule has 15 heavy (non-hydrogen) atoms. The fourth-order valence-corrected chi connectivity index (χ4v) is 2.38. The number of hydrogen-bond acceptors (Lipinski definition) is 2. The van der Waals surface area contributed by atoms with Crippen LogP contribution in [0.2, 0.25) is 0 Å². The van der Waals surface area contributed by atoms with Crippen LogP contribution in [0.25, 0.3) is 0 Å². The molecule has 0 aliphatic heterocycles. The zero-order valence-electron chi connectivity index (χ0n) is 9.76. The van der Waals surface area contributed by atoms with Crippen LogP contribution >= 0.6 is 15.9 Å². The maximum atomic E-state index is 5.77. The Labute approximate surface area is 100 Å². The normalized spacial score (nSPS) is 13.1. The van der Waals surface area contributed by atoms with E-state index < -0.39 is 0 Å². The number of rotatable bonds is 5. The van der Waals surface area contributed by atoms with Gasteiger partial charge in [0.1, 0.15) is 0 Å². The lowest BCUT2D eigenvalue weighted by Crippen LogP contribution is -2.18. The fraction of sp³-hybridized carbons (Fsp3) is 0.727. The lowest BCUT2D eigenvalue weighted by Gasteiger charge is -2.13. The number of aryl methyl sites for hydroxylation is 2. The summed E-state index contributed by atoms with van der Waals surface area (Å²) in [6.07, 6.45) is 3.39. The van der Waals surface area contributed by atoms with Crippen molar-refractivity contribution >= 4 is 15.9 Å². The van der Waals surface area contributed by atoms with Crippen LogP contribution in [-0.2, 0) is 13.5 Å². The monoisotopic (exact) mass is 273 g/mol. The Morgan fingerprint density at radius 2 is 2.20 bits per heavy atom. The summed E-state index contributed by atoms with van der Waals surface area (Å²) in [6, 6.07) is 0. The number of nitrogens with two attached hydrogens (primary N) is 1. The maximum Gasteiger partial charge on any atom is 0.0738 e. The van der Waals surface area contributed by atoms with Gasteiger partial charge in [-0.1, -0.05) is 13.3 Å². The van der Waals surface area contributed by atoms with Gasteiger partial charge in [-0.3, -0.25) is 4.68 Å². The SMILES string of the molecule is CCCC(CN)Cc1c(Br)c(C)nn1C. The molecule has 0 amide bonds. The lowest BCUT2D eigenvalue weighted by atomic mass is 9.98. The van der Waals surface area contributed by atoms with Crippen molar-refractivity contribution in [3.8, 4) is 0 Å². The first-order valence-electron chi connectivity index (χ1n) is 5.48. The summed E-state index contributed by atoms with van der Waals surface area (Å²) in [5.41, 5.74) is 8.08. The van der Waals surface area contributed by atoms with Gasteiger partial charge in [0.15, 0.2) is 0 Å². The third-order valence-corrected chi connectivity index (χ3v) is 3.81. The van der Waals surface area contributed by atoms with Gasteiger partial charge in [-0.2, -0.15) is 5.10 Å². The first kappa shape index (κ1) is 12.7. The van der Waals surface area contributed by atoms with Gasteiger partial charge in [0.25, 0.3) is 0 Å². The van der Waals surface area contributed by atoms with E-state index in [1.807, 2.05) is 18.7 Å². The molecule has 1 aromatic rings. The van der Waals surface area contributed by atoms with E-state index in [0.717, 1.165) is 23.1 Å². The average Bonchev–Trinajstić information content (AvgIpc) is 2.44. The van der Waals surface area contributed by atoms with Crippen molar-refractivity contribution in [1.82, 2.24) is 9.78 Å². The van der Waals surface area contributed by atoms with Crippen molar-refractivity contribution in [1.29, 1.82) is 0 Å². The summed E-state index contributed by atoms with van der Waals surface area (Å²) < 4.78 is 3.09. The highest BCUT2D eigenvalue weighted by atomic mass is 79.9. The van der Waals surface area contributed by atoms with Crippen LogP contribution in [0.15, 0.2) is 4.47 Å². The van der Waals surface area contributed by atoms with E-state index in [1.165, 1.54) is 18.5 Å². The van der Waals surface area contributed by atoms with Crippen LogP contribution in [0.5, 0.6) is 0 Å². The highest BCUT2D eigenvalue weighted by Gasteiger charge is 2.15. The minimum atomic E-state index is 0.570. The second kappa shape index (κ2) is 5.66. The zero-order valence-corrected chi connectivity index (χ0v) is 11.3. The minimum Gasteiger partial charge on any atom is -0.330 e. The Hall–Kier alpha value is -0.350. The molecule has 0 aromatic carbocycles. The Morgan fingerprint density at radius 1 is 1.53 bits per heavy atom. The molecule has 0 fully saturated rings. The molecule has 0 bridgehead atoms.